The fraction of sp³-hybridized carbons (Fsp3) is 0.267. The molecule has 0 spiro atoms. The zero-order valence-electron chi connectivity index (χ0n) is 12.2. The van der Waals surface area contributed by atoms with Crippen LogP contribution in [0, 0.1) is 0 Å². The van der Waals surface area contributed by atoms with E-state index in [1.54, 1.807) is 17.8 Å². The van der Waals surface area contributed by atoms with Gasteiger partial charge in [-0.05, 0) is 23.6 Å². The molecular weight excluding hydrogens is 320 g/mol. The lowest BCUT2D eigenvalue weighted by Crippen LogP contribution is -2.12. The van der Waals surface area contributed by atoms with E-state index in [9.17, 15) is 4.79 Å². The standard InChI is InChI=1S/C15H15ClN4OS/c1-9(2)12-7-13(21)17-14-18-19-15(20(12)14)22-8-10-4-3-5-11(16)6-10/h3-7,9H,8H2,1-2H3,(H,17,18,21). The fourth-order valence-electron chi connectivity index (χ4n) is 2.22. The largest absolute Gasteiger partial charge is 0.291 e. The van der Waals surface area contributed by atoms with Crippen LogP contribution in [0.3, 0.4) is 0 Å². The van der Waals surface area contributed by atoms with Gasteiger partial charge in [0.1, 0.15) is 0 Å². The second kappa shape index (κ2) is 6.14. The molecule has 2 aromatic heterocycles. The number of H-pyrrole nitrogens is 1. The molecule has 2 heterocycles. The molecule has 7 heteroatoms. The highest BCUT2D eigenvalue weighted by atomic mass is 35.5. The summed E-state index contributed by atoms with van der Waals surface area (Å²) in [6.45, 7) is 4.08. The van der Waals surface area contributed by atoms with Gasteiger partial charge < -0.3 is 0 Å². The minimum Gasteiger partial charge on any atom is -0.291 e. The number of nitrogens with zero attached hydrogens (tertiary/aromatic N) is 3. The molecule has 3 aromatic rings. The van der Waals surface area contributed by atoms with Crippen molar-refractivity contribution < 1.29 is 0 Å². The van der Waals surface area contributed by atoms with Gasteiger partial charge in [-0.3, -0.25) is 14.2 Å². The fourth-order valence-corrected chi connectivity index (χ4v) is 3.33. The Hall–Kier alpha value is -1.79. The van der Waals surface area contributed by atoms with Crippen molar-refractivity contribution in [3.63, 3.8) is 0 Å². The molecule has 3 rings (SSSR count). The number of rotatable bonds is 4. The summed E-state index contributed by atoms with van der Waals surface area (Å²) in [5.74, 6) is 1.41. The first kappa shape index (κ1) is 15.1. The van der Waals surface area contributed by atoms with Gasteiger partial charge in [0.05, 0.1) is 0 Å². The van der Waals surface area contributed by atoms with E-state index in [2.05, 4.69) is 15.2 Å². The van der Waals surface area contributed by atoms with Crippen LogP contribution in [-0.2, 0) is 5.75 Å². The predicted octanol–water partition coefficient (Wildman–Crippen LogP) is 3.49. The van der Waals surface area contributed by atoms with Crippen molar-refractivity contribution in [2.24, 2.45) is 0 Å². The molecule has 0 saturated carbocycles. The minimum atomic E-state index is -0.157. The Balaban J connectivity index is 1.96. The van der Waals surface area contributed by atoms with Crippen molar-refractivity contribution in [3.8, 4) is 0 Å². The number of thioether (sulfide) groups is 1. The lowest BCUT2D eigenvalue weighted by atomic mass is 10.1. The number of hydrogen-bond donors (Lipinski definition) is 1. The van der Waals surface area contributed by atoms with E-state index in [1.165, 1.54) is 0 Å². The third-order valence-electron chi connectivity index (χ3n) is 3.25. The third-order valence-corrected chi connectivity index (χ3v) is 4.49. The van der Waals surface area contributed by atoms with E-state index in [0.29, 0.717) is 5.78 Å². The molecule has 114 valence electrons. The van der Waals surface area contributed by atoms with Crippen LogP contribution in [-0.4, -0.2) is 19.6 Å². The highest BCUT2D eigenvalue weighted by molar-refractivity contribution is 7.98. The number of benzene rings is 1. The summed E-state index contributed by atoms with van der Waals surface area (Å²) in [6.07, 6.45) is 0. The Kier molecular flexibility index (Phi) is 4.22. The number of halogens is 1. The molecule has 0 amide bonds. The van der Waals surface area contributed by atoms with Gasteiger partial charge in [0.2, 0.25) is 5.78 Å². The van der Waals surface area contributed by atoms with Crippen molar-refractivity contribution in [2.45, 2.75) is 30.7 Å². The Labute approximate surface area is 136 Å². The SMILES string of the molecule is CC(C)c1cc(=O)[nH]c2nnc(SCc3cccc(Cl)c3)n12. The summed E-state index contributed by atoms with van der Waals surface area (Å²) in [4.78, 5) is 14.4. The Bertz CT molecular complexity index is 871. The monoisotopic (exact) mass is 334 g/mol. The number of aromatic nitrogens is 4. The van der Waals surface area contributed by atoms with Gasteiger partial charge in [-0.25, -0.2) is 0 Å². The van der Waals surface area contributed by atoms with Crippen LogP contribution in [0.1, 0.15) is 31.0 Å². The van der Waals surface area contributed by atoms with E-state index >= 15 is 0 Å². The van der Waals surface area contributed by atoms with Crippen LogP contribution in [0.4, 0.5) is 0 Å². The highest BCUT2D eigenvalue weighted by Crippen LogP contribution is 2.25. The first-order valence-electron chi connectivity index (χ1n) is 6.90. The van der Waals surface area contributed by atoms with Crippen LogP contribution >= 0.6 is 23.4 Å². The van der Waals surface area contributed by atoms with E-state index < -0.39 is 0 Å². The van der Waals surface area contributed by atoms with Gasteiger partial charge in [0.15, 0.2) is 5.16 Å². The summed E-state index contributed by atoms with van der Waals surface area (Å²) in [5, 5.41) is 9.73. The van der Waals surface area contributed by atoms with Crippen LogP contribution in [0.2, 0.25) is 5.02 Å². The van der Waals surface area contributed by atoms with Crippen LogP contribution in [0.25, 0.3) is 5.78 Å². The maximum Gasteiger partial charge on any atom is 0.252 e. The molecule has 0 aliphatic rings. The van der Waals surface area contributed by atoms with Crippen molar-refractivity contribution in [3.05, 3.63) is 57.0 Å². The molecule has 0 aliphatic heterocycles. The summed E-state index contributed by atoms with van der Waals surface area (Å²) in [7, 11) is 0. The molecule has 0 atom stereocenters. The zero-order chi connectivity index (χ0) is 15.7. The number of nitrogens with one attached hydrogen (secondary N) is 1. The van der Waals surface area contributed by atoms with Gasteiger partial charge in [0.25, 0.3) is 5.56 Å². The Morgan fingerprint density at radius 3 is 2.86 bits per heavy atom. The first-order chi connectivity index (χ1) is 10.5. The Morgan fingerprint density at radius 2 is 2.14 bits per heavy atom. The van der Waals surface area contributed by atoms with Gasteiger partial charge in [-0.15, -0.1) is 10.2 Å². The van der Waals surface area contributed by atoms with Gasteiger partial charge in [-0.2, -0.15) is 0 Å². The molecule has 0 saturated heterocycles. The molecule has 1 N–H and O–H groups in total. The molecule has 5 nitrogen and oxygen atoms in total. The van der Waals surface area contributed by atoms with E-state index in [1.807, 2.05) is 42.5 Å². The normalized spacial score (nSPS) is 11.5. The number of aromatic amines is 1. The maximum atomic E-state index is 11.7. The van der Waals surface area contributed by atoms with Gasteiger partial charge in [-0.1, -0.05) is 49.3 Å². The third kappa shape index (κ3) is 3.03. The molecule has 22 heavy (non-hydrogen) atoms. The van der Waals surface area contributed by atoms with Crippen LogP contribution in [0.15, 0.2) is 40.3 Å². The molecular formula is C15H15ClN4OS. The minimum absolute atomic E-state index is 0.157. The molecule has 0 fully saturated rings. The summed E-state index contributed by atoms with van der Waals surface area (Å²) in [6, 6.07) is 9.34. The quantitative estimate of drug-likeness (QED) is 0.742. The molecule has 0 unspecified atom stereocenters. The topological polar surface area (TPSA) is 63.0 Å². The predicted molar refractivity (Wildman–Crippen MR) is 88.7 cm³/mol. The van der Waals surface area contributed by atoms with Crippen molar-refractivity contribution in [1.82, 2.24) is 19.6 Å². The van der Waals surface area contributed by atoms with Crippen LogP contribution < -0.4 is 5.56 Å². The van der Waals surface area contributed by atoms with Gasteiger partial charge >= 0.3 is 0 Å². The second-order valence-electron chi connectivity index (χ2n) is 5.27. The van der Waals surface area contributed by atoms with E-state index in [4.69, 9.17) is 11.6 Å². The molecule has 1 aromatic carbocycles. The zero-order valence-corrected chi connectivity index (χ0v) is 13.8. The van der Waals surface area contributed by atoms with Crippen molar-refractivity contribution >= 4 is 29.1 Å². The number of hydrogen-bond acceptors (Lipinski definition) is 4. The van der Waals surface area contributed by atoms with Gasteiger partial charge in [0, 0.05) is 22.5 Å². The lowest BCUT2D eigenvalue weighted by molar-refractivity contribution is 0.754. The summed E-state index contributed by atoms with van der Waals surface area (Å²) >= 11 is 7.57. The number of fused-ring (bicyclic) bond motifs is 1. The second-order valence-corrected chi connectivity index (χ2v) is 6.65. The van der Waals surface area contributed by atoms with Crippen molar-refractivity contribution in [2.75, 3.05) is 0 Å². The van der Waals surface area contributed by atoms with E-state index in [0.717, 1.165) is 27.2 Å². The van der Waals surface area contributed by atoms with E-state index in [-0.39, 0.29) is 11.5 Å². The highest BCUT2D eigenvalue weighted by Gasteiger charge is 2.14. The lowest BCUT2D eigenvalue weighted by Gasteiger charge is -2.09. The maximum absolute atomic E-state index is 11.7. The van der Waals surface area contributed by atoms with Crippen molar-refractivity contribution in [1.29, 1.82) is 0 Å². The summed E-state index contributed by atoms with van der Waals surface area (Å²) < 4.78 is 1.90. The Morgan fingerprint density at radius 1 is 1.32 bits per heavy atom. The first-order valence-corrected chi connectivity index (χ1v) is 8.26. The summed E-state index contributed by atoms with van der Waals surface area (Å²) in [5.41, 5.74) is 1.86. The molecule has 0 aliphatic carbocycles. The smallest absolute Gasteiger partial charge is 0.252 e. The average Bonchev–Trinajstić information content (AvgIpc) is 2.87. The molecule has 0 radical (unpaired) electrons. The average molecular weight is 335 g/mol. The van der Waals surface area contributed by atoms with Crippen LogP contribution in [0.5, 0.6) is 0 Å². The molecule has 0 bridgehead atoms.